The summed E-state index contributed by atoms with van der Waals surface area (Å²) in [7, 11) is 0. The van der Waals surface area contributed by atoms with Gasteiger partial charge in [-0.1, -0.05) is 36.4 Å². The van der Waals surface area contributed by atoms with Crippen molar-refractivity contribution in [3.63, 3.8) is 0 Å². The van der Waals surface area contributed by atoms with Crippen LogP contribution in [0.3, 0.4) is 0 Å². The largest absolute Gasteiger partial charge is 0.586 e. The van der Waals surface area contributed by atoms with Crippen molar-refractivity contribution in [2.45, 2.75) is 6.29 Å². The maximum absolute atomic E-state index is 13.3. The fourth-order valence-electron chi connectivity index (χ4n) is 3.77. The number of nitrogens with zero attached hydrogens (tertiary/aromatic N) is 2. The topological polar surface area (TPSA) is 83.8 Å². The van der Waals surface area contributed by atoms with Gasteiger partial charge in [-0.3, -0.25) is 0 Å². The van der Waals surface area contributed by atoms with Gasteiger partial charge in [0.25, 0.3) is 0 Å². The maximum Gasteiger partial charge on any atom is 0.586 e. The van der Waals surface area contributed by atoms with Crippen LogP contribution in [-0.4, -0.2) is 28.9 Å². The summed E-state index contributed by atoms with van der Waals surface area (Å²) in [5.41, 5.74) is 3.12. The van der Waals surface area contributed by atoms with Gasteiger partial charge in [-0.15, -0.1) is 8.78 Å². The van der Waals surface area contributed by atoms with E-state index < -0.39 is 12.3 Å². The predicted octanol–water partition coefficient (Wildman–Crippen LogP) is 5.35. The second kappa shape index (κ2) is 7.48. The number of hydrogen-bond donors (Lipinski definition) is 1. The van der Waals surface area contributed by atoms with Gasteiger partial charge in [0.15, 0.2) is 23.0 Å². The van der Waals surface area contributed by atoms with E-state index in [2.05, 4.69) is 19.9 Å². The Kier molecular flexibility index (Phi) is 4.41. The molecular formula is C24H15F2N3O5. The summed E-state index contributed by atoms with van der Waals surface area (Å²) in [4.78, 5) is 13.0. The zero-order chi connectivity index (χ0) is 23.3. The van der Waals surface area contributed by atoms with Crippen molar-refractivity contribution < 1.29 is 32.5 Å². The third kappa shape index (κ3) is 3.54. The number of carbonyl (C=O) groups excluding carboxylic acids is 1. The van der Waals surface area contributed by atoms with Gasteiger partial charge in [0.2, 0.25) is 6.79 Å². The van der Waals surface area contributed by atoms with Crippen LogP contribution in [0.15, 0.2) is 72.9 Å². The number of fused-ring (bicyclic) bond motifs is 2. The molecule has 8 nitrogen and oxygen atoms in total. The molecule has 170 valence electrons. The Morgan fingerprint density at radius 1 is 0.882 bits per heavy atom. The van der Waals surface area contributed by atoms with Crippen LogP contribution >= 0.6 is 0 Å². The van der Waals surface area contributed by atoms with Crippen molar-refractivity contribution in [3.05, 3.63) is 72.9 Å². The van der Waals surface area contributed by atoms with Crippen molar-refractivity contribution in [3.8, 4) is 45.4 Å². The molecule has 3 heterocycles. The molecule has 3 aromatic carbocycles. The van der Waals surface area contributed by atoms with E-state index in [0.29, 0.717) is 22.8 Å². The first kappa shape index (κ1) is 20.0. The second-order valence-electron chi connectivity index (χ2n) is 7.53. The van der Waals surface area contributed by atoms with Crippen LogP contribution in [0.25, 0.3) is 22.4 Å². The highest BCUT2D eigenvalue weighted by molar-refractivity contribution is 5.93. The number of nitrogens with one attached hydrogen (secondary N) is 1. The molecule has 0 unspecified atom stereocenters. The van der Waals surface area contributed by atoms with Crippen molar-refractivity contribution in [2.75, 3.05) is 12.1 Å². The highest BCUT2D eigenvalue weighted by Crippen LogP contribution is 2.42. The minimum atomic E-state index is -3.74. The molecule has 1 N–H and O–H groups in total. The van der Waals surface area contributed by atoms with Crippen LogP contribution in [0, 0.1) is 0 Å². The van der Waals surface area contributed by atoms with Gasteiger partial charge in [-0.05, 0) is 29.8 Å². The van der Waals surface area contributed by atoms with Crippen LogP contribution in [-0.2, 0) is 0 Å². The van der Waals surface area contributed by atoms with Gasteiger partial charge in [-0.25, -0.2) is 4.79 Å². The van der Waals surface area contributed by atoms with E-state index in [1.165, 1.54) is 18.2 Å². The fourth-order valence-corrected chi connectivity index (χ4v) is 3.77. The number of rotatable bonds is 3. The lowest BCUT2D eigenvalue weighted by Crippen LogP contribution is -2.25. The normalized spacial score (nSPS) is 14.8. The summed E-state index contributed by atoms with van der Waals surface area (Å²) in [5, 5.41) is 7.14. The Hall–Kier alpha value is -4.60. The van der Waals surface area contributed by atoms with E-state index in [-0.39, 0.29) is 24.0 Å². The van der Waals surface area contributed by atoms with E-state index >= 15 is 0 Å². The molecule has 0 saturated heterocycles. The average molecular weight is 463 g/mol. The Labute approximate surface area is 191 Å². The van der Waals surface area contributed by atoms with Crippen LogP contribution in [0.5, 0.6) is 23.0 Å². The molecule has 0 aliphatic carbocycles. The number of carbonyl (C=O) groups is 1. The first-order valence-corrected chi connectivity index (χ1v) is 10.2. The highest BCUT2D eigenvalue weighted by atomic mass is 19.3. The molecular weight excluding hydrogens is 448 g/mol. The maximum atomic E-state index is 13.3. The van der Waals surface area contributed by atoms with Crippen molar-refractivity contribution in [2.24, 2.45) is 0 Å². The molecule has 2 aliphatic heterocycles. The number of halogens is 2. The Balaban J connectivity index is 1.34. The molecule has 4 aromatic rings. The highest BCUT2D eigenvalue weighted by Gasteiger charge is 2.43. The summed E-state index contributed by atoms with van der Waals surface area (Å²) < 4.78 is 47.4. The molecule has 0 saturated carbocycles. The number of amides is 1. The molecule has 1 aromatic heterocycles. The van der Waals surface area contributed by atoms with Crippen LogP contribution in [0.4, 0.5) is 19.3 Å². The summed E-state index contributed by atoms with van der Waals surface area (Å²) in [6, 6.07) is 18.3. The minimum absolute atomic E-state index is 0.112. The molecule has 0 radical (unpaired) electrons. The molecule has 0 fully saturated rings. The van der Waals surface area contributed by atoms with E-state index in [4.69, 9.17) is 9.47 Å². The van der Waals surface area contributed by atoms with Gasteiger partial charge >= 0.3 is 12.3 Å². The minimum Gasteiger partial charge on any atom is -0.454 e. The lowest BCUT2D eigenvalue weighted by molar-refractivity contribution is -0.286. The number of hydrogen-bond acceptors (Lipinski definition) is 6. The first-order chi connectivity index (χ1) is 16.4. The number of alkyl halides is 2. The lowest BCUT2D eigenvalue weighted by atomic mass is 10.0. The van der Waals surface area contributed by atoms with E-state index in [1.807, 2.05) is 42.5 Å². The van der Waals surface area contributed by atoms with Gasteiger partial charge < -0.3 is 24.3 Å². The molecule has 0 spiro atoms. The van der Waals surface area contributed by atoms with E-state index in [1.54, 1.807) is 12.3 Å². The molecule has 0 atom stereocenters. The van der Waals surface area contributed by atoms with Crippen LogP contribution in [0.2, 0.25) is 0 Å². The third-order valence-electron chi connectivity index (χ3n) is 5.31. The molecule has 2 aliphatic rings. The Bertz CT molecular complexity index is 1420. The standard InChI is InChI=1S/C24H15F2N3O5/c25-24(26)33-19-9-7-16(11-21(19)34-24)27-23(30)29-12-17(22(28-29)14-4-2-1-3-5-14)15-6-8-18-20(10-15)32-13-31-18/h1-12H,13H2,(H,27,30). The number of ether oxygens (including phenoxy) is 4. The molecule has 6 rings (SSSR count). The Morgan fingerprint density at radius 2 is 1.65 bits per heavy atom. The van der Waals surface area contributed by atoms with Crippen molar-refractivity contribution in [1.82, 2.24) is 9.78 Å². The van der Waals surface area contributed by atoms with Crippen molar-refractivity contribution >= 4 is 11.7 Å². The van der Waals surface area contributed by atoms with E-state index in [0.717, 1.165) is 15.8 Å². The molecule has 1 amide bonds. The number of aromatic nitrogens is 2. The second-order valence-corrected chi connectivity index (χ2v) is 7.53. The van der Waals surface area contributed by atoms with E-state index in [9.17, 15) is 13.6 Å². The van der Waals surface area contributed by atoms with Crippen LogP contribution < -0.4 is 24.3 Å². The molecule has 10 heteroatoms. The summed E-state index contributed by atoms with van der Waals surface area (Å²) in [6.45, 7) is 0.146. The van der Waals surface area contributed by atoms with Gasteiger partial charge in [0, 0.05) is 29.1 Å². The predicted molar refractivity (Wildman–Crippen MR) is 116 cm³/mol. The summed E-state index contributed by atoms with van der Waals surface area (Å²) in [6.07, 6.45) is -2.15. The molecule has 34 heavy (non-hydrogen) atoms. The average Bonchev–Trinajstić information content (AvgIpc) is 3.54. The summed E-state index contributed by atoms with van der Waals surface area (Å²) in [5.74, 6) is 0.960. The SMILES string of the molecule is O=C(Nc1ccc2c(c1)OC(F)(F)O2)n1cc(-c2ccc3c(c2)OCO3)c(-c2ccccc2)n1. The lowest BCUT2D eigenvalue weighted by Gasteiger charge is -2.05. The van der Waals surface area contributed by atoms with Crippen molar-refractivity contribution in [1.29, 1.82) is 0 Å². The molecule has 0 bridgehead atoms. The zero-order valence-electron chi connectivity index (χ0n) is 17.3. The van der Waals surface area contributed by atoms with Crippen LogP contribution in [0.1, 0.15) is 0 Å². The monoisotopic (exact) mass is 463 g/mol. The quantitative estimate of drug-likeness (QED) is 0.441. The van der Waals surface area contributed by atoms with Gasteiger partial charge in [0.05, 0.1) is 0 Å². The summed E-state index contributed by atoms with van der Waals surface area (Å²) >= 11 is 0. The first-order valence-electron chi connectivity index (χ1n) is 10.2. The third-order valence-corrected chi connectivity index (χ3v) is 5.31. The number of anilines is 1. The number of benzene rings is 3. The zero-order valence-corrected chi connectivity index (χ0v) is 17.3. The smallest absolute Gasteiger partial charge is 0.454 e. The Morgan fingerprint density at radius 3 is 2.50 bits per heavy atom. The van der Waals surface area contributed by atoms with Gasteiger partial charge in [0.1, 0.15) is 5.69 Å². The van der Waals surface area contributed by atoms with Gasteiger partial charge in [-0.2, -0.15) is 9.78 Å². The fraction of sp³-hybridized carbons (Fsp3) is 0.0833.